The van der Waals surface area contributed by atoms with E-state index in [0.29, 0.717) is 17.2 Å². The highest BCUT2D eigenvalue weighted by molar-refractivity contribution is 7.92. The third-order valence-corrected chi connectivity index (χ3v) is 6.66. The molecule has 0 radical (unpaired) electrons. The van der Waals surface area contributed by atoms with Gasteiger partial charge >= 0.3 is 0 Å². The molecule has 3 aromatic carbocycles. The van der Waals surface area contributed by atoms with E-state index in [4.69, 9.17) is 4.74 Å². The van der Waals surface area contributed by atoms with Crippen molar-refractivity contribution >= 4 is 21.6 Å². The maximum absolute atomic E-state index is 13.0. The van der Waals surface area contributed by atoms with Crippen LogP contribution in [0.15, 0.2) is 78.9 Å². The Labute approximate surface area is 202 Å². The maximum Gasteiger partial charge on any atom is 0.251 e. The van der Waals surface area contributed by atoms with Gasteiger partial charge in [-0.05, 0) is 59.9 Å². The third kappa shape index (κ3) is 6.84. The summed E-state index contributed by atoms with van der Waals surface area (Å²) < 4.78 is 31.3. The Morgan fingerprint density at radius 1 is 0.941 bits per heavy atom. The van der Waals surface area contributed by atoms with Gasteiger partial charge in [-0.3, -0.25) is 9.10 Å². The molecule has 1 atom stereocenters. The summed E-state index contributed by atoms with van der Waals surface area (Å²) in [6.07, 6.45) is 1.99. The molecule has 3 rings (SSSR count). The topological polar surface area (TPSA) is 75.7 Å². The van der Waals surface area contributed by atoms with E-state index < -0.39 is 10.0 Å². The Kier molecular flexibility index (Phi) is 8.34. The van der Waals surface area contributed by atoms with Crippen molar-refractivity contribution in [3.05, 3.63) is 95.6 Å². The fourth-order valence-electron chi connectivity index (χ4n) is 3.75. The number of hydrogen-bond acceptors (Lipinski definition) is 4. The predicted molar refractivity (Wildman–Crippen MR) is 137 cm³/mol. The van der Waals surface area contributed by atoms with Crippen LogP contribution in [0.4, 0.5) is 5.69 Å². The molecule has 0 aliphatic carbocycles. The Hall–Kier alpha value is -3.32. The Morgan fingerprint density at radius 2 is 1.56 bits per heavy atom. The molecule has 0 saturated heterocycles. The minimum Gasteiger partial charge on any atom is -0.497 e. The number of hydrogen-bond donors (Lipinski definition) is 1. The first-order valence-electron chi connectivity index (χ1n) is 11.2. The molecule has 0 saturated carbocycles. The molecule has 1 N–H and O–H groups in total. The summed E-state index contributed by atoms with van der Waals surface area (Å²) in [6, 6.07) is 23.6. The number of sulfonamides is 1. The molecule has 0 unspecified atom stereocenters. The van der Waals surface area contributed by atoms with Gasteiger partial charge < -0.3 is 10.1 Å². The number of para-hydroxylation sites is 1. The largest absolute Gasteiger partial charge is 0.497 e. The number of ether oxygens (including phenoxy) is 1. The molecule has 1 amide bonds. The summed E-state index contributed by atoms with van der Waals surface area (Å²) in [7, 11) is -1.83. The van der Waals surface area contributed by atoms with Crippen LogP contribution in [0.25, 0.3) is 0 Å². The molecule has 0 bridgehead atoms. The molecule has 180 valence electrons. The lowest BCUT2D eigenvalue weighted by Crippen LogP contribution is -2.30. The lowest BCUT2D eigenvalue weighted by molar-refractivity contribution is 0.0932. The number of rotatable bonds is 10. The van der Waals surface area contributed by atoms with E-state index in [1.54, 1.807) is 55.6 Å². The van der Waals surface area contributed by atoms with Crippen LogP contribution < -0.4 is 14.4 Å². The molecule has 0 fully saturated rings. The van der Waals surface area contributed by atoms with E-state index in [0.717, 1.165) is 23.3 Å². The van der Waals surface area contributed by atoms with Crippen LogP contribution in [0.2, 0.25) is 0 Å². The van der Waals surface area contributed by atoms with Crippen LogP contribution in [0, 0.1) is 5.92 Å². The standard InChI is InChI=1S/C27H32N2O4S/c1-20(2)18-26(22-14-16-25(33-3)17-15-22)28-27(30)23-12-10-21(11-13-23)19-29(34(4,31)32)24-8-6-5-7-9-24/h5-17,20,26H,18-19H2,1-4H3,(H,28,30)/t26-/m1/s1. The van der Waals surface area contributed by atoms with Crippen molar-refractivity contribution in [2.45, 2.75) is 32.9 Å². The molecule has 0 heterocycles. The fourth-order valence-corrected chi connectivity index (χ4v) is 4.64. The van der Waals surface area contributed by atoms with Crippen LogP contribution in [0.3, 0.4) is 0 Å². The van der Waals surface area contributed by atoms with Gasteiger partial charge in [-0.25, -0.2) is 8.42 Å². The van der Waals surface area contributed by atoms with E-state index in [2.05, 4.69) is 19.2 Å². The van der Waals surface area contributed by atoms with Gasteiger partial charge in [-0.1, -0.05) is 56.3 Å². The smallest absolute Gasteiger partial charge is 0.251 e. The zero-order valence-electron chi connectivity index (χ0n) is 20.1. The number of methoxy groups -OCH3 is 1. The highest BCUT2D eigenvalue weighted by atomic mass is 32.2. The predicted octanol–water partition coefficient (Wildman–Crippen LogP) is 5.18. The monoisotopic (exact) mass is 480 g/mol. The Balaban J connectivity index is 1.75. The summed E-state index contributed by atoms with van der Waals surface area (Å²) in [5.74, 6) is 0.999. The lowest BCUT2D eigenvalue weighted by Gasteiger charge is -2.23. The minimum absolute atomic E-state index is 0.128. The lowest BCUT2D eigenvalue weighted by atomic mass is 9.96. The normalized spacial score (nSPS) is 12.3. The van der Waals surface area contributed by atoms with Crippen molar-refractivity contribution in [3.63, 3.8) is 0 Å². The number of nitrogens with one attached hydrogen (secondary N) is 1. The summed E-state index contributed by atoms with van der Waals surface area (Å²) in [4.78, 5) is 13.0. The Morgan fingerprint density at radius 3 is 2.09 bits per heavy atom. The van der Waals surface area contributed by atoms with Gasteiger partial charge in [0.15, 0.2) is 0 Å². The average molecular weight is 481 g/mol. The zero-order valence-corrected chi connectivity index (χ0v) is 20.9. The second-order valence-electron chi connectivity index (χ2n) is 8.73. The molecule has 0 aliphatic rings. The zero-order chi connectivity index (χ0) is 24.7. The van der Waals surface area contributed by atoms with Crippen molar-refractivity contribution in [3.8, 4) is 5.75 Å². The quantitative estimate of drug-likeness (QED) is 0.434. The van der Waals surface area contributed by atoms with Gasteiger partial charge in [0.25, 0.3) is 5.91 Å². The first-order valence-corrected chi connectivity index (χ1v) is 13.1. The van der Waals surface area contributed by atoms with Crippen LogP contribution in [0.1, 0.15) is 47.8 Å². The van der Waals surface area contributed by atoms with Crippen LogP contribution >= 0.6 is 0 Å². The second-order valence-corrected chi connectivity index (χ2v) is 10.6. The summed E-state index contributed by atoms with van der Waals surface area (Å²) >= 11 is 0. The molecule has 0 aromatic heterocycles. The highest BCUT2D eigenvalue weighted by Gasteiger charge is 2.19. The molecule has 0 spiro atoms. The van der Waals surface area contributed by atoms with Gasteiger partial charge in [0.2, 0.25) is 10.0 Å². The maximum atomic E-state index is 13.0. The molecule has 7 heteroatoms. The molecule has 6 nitrogen and oxygen atoms in total. The van der Waals surface area contributed by atoms with E-state index >= 15 is 0 Å². The first-order chi connectivity index (χ1) is 16.2. The van der Waals surface area contributed by atoms with Crippen molar-refractivity contribution in [2.75, 3.05) is 17.7 Å². The summed E-state index contributed by atoms with van der Waals surface area (Å²) in [5.41, 5.74) is 2.94. The van der Waals surface area contributed by atoms with Gasteiger partial charge in [0.1, 0.15) is 5.75 Å². The van der Waals surface area contributed by atoms with Crippen molar-refractivity contribution in [2.24, 2.45) is 5.92 Å². The van der Waals surface area contributed by atoms with Gasteiger partial charge in [-0.2, -0.15) is 0 Å². The van der Waals surface area contributed by atoms with E-state index in [1.165, 1.54) is 10.6 Å². The van der Waals surface area contributed by atoms with Crippen molar-refractivity contribution < 1.29 is 17.9 Å². The number of amides is 1. The number of carbonyl (C=O) groups is 1. The van der Waals surface area contributed by atoms with Gasteiger partial charge in [0, 0.05) is 5.56 Å². The van der Waals surface area contributed by atoms with Crippen molar-refractivity contribution in [1.82, 2.24) is 5.32 Å². The van der Waals surface area contributed by atoms with Gasteiger partial charge in [-0.15, -0.1) is 0 Å². The van der Waals surface area contributed by atoms with Crippen LogP contribution in [-0.2, 0) is 16.6 Å². The average Bonchev–Trinajstić information content (AvgIpc) is 2.82. The molecular weight excluding hydrogens is 448 g/mol. The van der Waals surface area contributed by atoms with Crippen LogP contribution in [-0.4, -0.2) is 27.7 Å². The molecule has 0 aliphatic heterocycles. The second kappa shape index (κ2) is 11.2. The van der Waals surface area contributed by atoms with Crippen molar-refractivity contribution in [1.29, 1.82) is 0 Å². The fraction of sp³-hybridized carbons (Fsp3) is 0.296. The minimum atomic E-state index is -3.46. The highest BCUT2D eigenvalue weighted by Crippen LogP contribution is 2.25. The van der Waals surface area contributed by atoms with Gasteiger partial charge in [0.05, 0.1) is 31.6 Å². The van der Waals surface area contributed by atoms with E-state index in [-0.39, 0.29) is 18.5 Å². The van der Waals surface area contributed by atoms with E-state index in [1.807, 2.05) is 30.3 Å². The number of anilines is 1. The van der Waals surface area contributed by atoms with Crippen LogP contribution in [0.5, 0.6) is 5.75 Å². The third-order valence-electron chi connectivity index (χ3n) is 5.52. The van der Waals surface area contributed by atoms with E-state index in [9.17, 15) is 13.2 Å². The Bertz CT molecular complexity index is 1180. The first kappa shape index (κ1) is 25.3. The number of nitrogens with zero attached hydrogens (tertiary/aromatic N) is 1. The number of benzene rings is 3. The SMILES string of the molecule is COc1ccc([C@@H](CC(C)C)NC(=O)c2ccc(CN(c3ccccc3)S(C)(=O)=O)cc2)cc1. The molecule has 3 aromatic rings. The summed E-state index contributed by atoms with van der Waals surface area (Å²) in [5, 5.41) is 3.14. The molecular formula is C27H32N2O4S. The molecule has 34 heavy (non-hydrogen) atoms. The number of carbonyl (C=O) groups excluding carboxylic acids is 1. The summed E-state index contributed by atoms with van der Waals surface area (Å²) in [6.45, 7) is 4.43.